The molecule has 1 aromatic rings. The van der Waals surface area contributed by atoms with Crippen LogP contribution in [0.1, 0.15) is 44.7 Å². The van der Waals surface area contributed by atoms with E-state index in [0.29, 0.717) is 0 Å². The lowest BCUT2D eigenvalue weighted by Gasteiger charge is -2.14. The van der Waals surface area contributed by atoms with Crippen LogP contribution in [-0.4, -0.2) is 0 Å². The van der Waals surface area contributed by atoms with E-state index in [1.807, 2.05) is 19.9 Å². The van der Waals surface area contributed by atoms with Gasteiger partial charge >= 0.3 is 0 Å². The van der Waals surface area contributed by atoms with E-state index in [9.17, 15) is 8.78 Å². The van der Waals surface area contributed by atoms with Crippen LogP contribution in [0.5, 0.6) is 0 Å². The first-order chi connectivity index (χ1) is 8.48. The molecule has 0 aliphatic heterocycles. The molecule has 0 radical (unpaired) electrons. The second kappa shape index (κ2) is 3.53. The van der Waals surface area contributed by atoms with Crippen molar-refractivity contribution in [2.24, 2.45) is 5.41 Å². The number of hydrogen-bond donors (Lipinski definition) is 0. The van der Waals surface area contributed by atoms with Crippen LogP contribution in [0.15, 0.2) is 23.8 Å². The molecule has 2 aliphatic rings. The molecule has 0 aromatic heterocycles. The van der Waals surface area contributed by atoms with E-state index in [2.05, 4.69) is 6.92 Å². The Morgan fingerprint density at radius 1 is 1.11 bits per heavy atom. The van der Waals surface area contributed by atoms with Crippen LogP contribution < -0.4 is 0 Å². The molecule has 0 amide bonds. The van der Waals surface area contributed by atoms with Gasteiger partial charge in [-0.2, -0.15) is 0 Å². The summed E-state index contributed by atoms with van der Waals surface area (Å²) in [5, 5.41) is 0. The van der Waals surface area contributed by atoms with Gasteiger partial charge in [-0.3, -0.25) is 0 Å². The smallest absolute Gasteiger partial charge is 0.159 e. The average molecular weight is 246 g/mol. The SMILES string of the molecule is C/C=C1/C(C2(C)CC2)=C(C)c2cc(F)c(F)cc21. The summed E-state index contributed by atoms with van der Waals surface area (Å²) in [4.78, 5) is 0. The van der Waals surface area contributed by atoms with Gasteiger partial charge in [0.1, 0.15) is 0 Å². The van der Waals surface area contributed by atoms with Crippen LogP contribution in [0.2, 0.25) is 0 Å². The molecule has 0 spiro atoms. The summed E-state index contributed by atoms with van der Waals surface area (Å²) in [7, 11) is 0. The van der Waals surface area contributed by atoms with Crippen molar-refractivity contribution >= 4 is 11.1 Å². The molecular formula is C16H16F2. The number of rotatable bonds is 1. The molecule has 0 nitrogen and oxygen atoms in total. The Morgan fingerprint density at radius 2 is 1.67 bits per heavy atom. The van der Waals surface area contributed by atoms with Crippen molar-refractivity contribution in [3.8, 4) is 0 Å². The molecule has 0 N–H and O–H groups in total. The third-order valence-corrected chi connectivity index (χ3v) is 4.29. The Bertz CT molecular complexity index is 602. The molecule has 1 aromatic carbocycles. The molecule has 1 saturated carbocycles. The number of hydrogen-bond acceptors (Lipinski definition) is 0. The van der Waals surface area contributed by atoms with Gasteiger partial charge in [0.15, 0.2) is 11.6 Å². The zero-order valence-electron chi connectivity index (χ0n) is 10.9. The zero-order valence-corrected chi connectivity index (χ0v) is 10.9. The van der Waals surface area contributed by atoms with Gasteiger partial charge in [0.25, 0.3) is 0 Å². The fourth-order valence-electron chi connectivity index (χ4n) is 3.07. The van der Waals surface area contributed by atoms with Gasteiger partial charge in [-0.05, 0) is 72.1 Å². The number of halogens is 2. The number of fused-ring (bicyclic) bond motifs is 1. The topological polar surface area (TPSA) is 0 Å². The van der Waals surface area contributed by atoms with Crippen LogP contribution in [0.3, 0.4) is 0 Å². The lowest BCUT2D eigenvalue weighted by molar-refractivity contribution is 0.508. The molecule has 2 heteroatoms. The van der Waals surface area contributed by atoms with E-state index in [-0.39, 0.29) is 5.41 Å². The summed E-state index contributed by atoms with van der Waals surface area (Å²) < 4.78 is 26.8. The van der Waals surface area contributed by atoms with E-state index in [1.165, 1.54) is 17.7 Å². The van der Waals surface area contributed by atoms with Crippen LogP contribution in [0.4, 0.5) is 8.78 Å². The Morgan fingerprint density at radius 3 is 2.17 bits per heavy atom. The Labute approximate surface area is 106 Å². The van der Waals surface area contributed by atoms with Crippen molar-refractivity contribution in [2.45, 2.75) is 33.6 Å². The molecule has 18 heavy (non-hydrogen) atoms. The normalized spacial score (nSPS) is 22.6. The first-order valence-electron chi connectivity index (χ1n) is 6.36. The summed E-state index contributed by atoms with van der Waals surface area (Å²) in [6.45, 7) is 6.21. The van der Waals surface area contributed by atoms with Gasteiger partial charge in [-0.1, -0.05) is 13.0 Å². The molecule has 0 bridgehead atoms. The quantitative estimate of drug-likeness (QED) is 0.657. The molecule has 0 unspecified atom stereocenters. The highest BCUT2D eigenvalue weighted by Crippen LogP contribution is 2.60. The van der Waals surface area contributed by atoms with E-state index in [4.69, 9.17) is 0 Å². The third kappa shape index (κ3) is 1.41. The van der Waals surface area contributed by atoms with Crippen molar-refractivity contribution in [1.82, 2.24) is 0 Å². The molecular weight excluding hydrogens is 230 g/mol. The van der Waals surface area contributed by atoms with Crippen molar-refractivity contribution in [1.29, 1.82) is 0 Å². The minimum atomic E-state index is -0.761. The van der Waals surface area contributed by atoms with Gasteiger partial charge < -0.3 is 0 Å². The molecule has 0 heterocycles. The van der Waals surface area contributed by atoms with Gasteiger partial charge in [0, 0.05) is 0 Å². The minimum absolute atomic E-state index is 0.206. The summed E-state index contributed by atoms with van der Waals surface area (Å²) in [6, 6.07) is 2.67. The molecule has 2 aliphatic carbocycles. The van der Waals surface area contributed by atoms with Gasteiger partial charge in [-0.15, -0.1) is 0 Å². The number of benzene rings is 1. The summed E-state index contributed by atoms with van der Waals surface area (Å²) >= 11 is 0. The van der Waals surface area contributed by atoms with Gasteiger partial charge in [-0.25, -0.2) is 8.78 Å². The molecule has 0 atom stereocenters. The largest absolute Gasteiger partial charge is 0.204 e. The van der Waals surface area contributed by atoms with Crippen molar-refractivity contribution in [3.63, 3.8) is 0 Å². The predicted octanol–water partition coefficient (Wildman–Crippen LogP) is 4.96. The molecule has 3 rings (SSSR count). The minimum Gasteiger partial charge on any atom is -0.204 e. The maximum Gasteiger partial charge on any atom is 0.159 e. The monoisotopic (exact) mass is 246 g/mol. The lowest BCUT2D eigenvalue weighted by atomic mass is 9.90. The van der Waals surface area contributed by atoms with Crippen molar-refractivity contribution in [3.05, 3.63) is 46.5 Å². The Kier molecular flexibility index (Phi) is 2.28. The highest BCUT2D eigenvalue weighted by molar-refractivity contribution is 6.00. The van der Waals surface area contributed by atoms with Crippen molar-refractivity contribution < 1.29 is 8.78 Å². The second-order valence-corrected chi connectivity index (χ2v) is 5.57. The van der Waals surface area contributed by atoms with Gasteiger partial charge in [0.2, 0.25) is 0 Å². The maximum atomic E-state index is 13.4. The lowest BCUT2D eigenvalue weighted by Crippen LogP contribution is -1.99. The Balaban J connectivity index is 2.26. The summed E-state index contributed by atoms with van der Waals surface area (Å²) in [5.74, 6) is -1.52. The van der Waals surface area contributed by atoms with E-state index in [0.717, 1.165) is 35.1 Å². The fourth-order valence-corrected chi connectivity index (χ4v) is 3.07. The summed E-state index contributed by atoms with van der Waals surface area (Å²) in [5.41, 5.74) is 5.38. The fraction of sp³-hybridized carbons (Fsp3) is 0.375. The van der Waals surface area contributed by atoms with E-state index < -0.39 is 11.6 Å². The molecule has 1 fully saturated rings. The van der Waals surface area contributed by atoms with E-state index >= 15 is 0 Å². The third-order valence-electron chi connectivity index (χ3n) is 4.29. The molecule has 94 valence electrons. The van der Waals surface area contributed by atoms with Crippen LogP contribution in [0.25, 0.3) is 11.1 Å². The maximum absolute atomic E-state index is 13.4. The first-order valence-corrected chi connectivity index (χ1v) is 6.36. The highest BCUT2D eigenvalue weighted by Gasteiger charge is 2.45. The van der Waals surface area contributed by atoms with Crippen molar-refractivity contribution in [2.75, 3.05) is 0 Å². The standard InChI is InChI=1S/C16H16F2/c1-4-10-12-8-14(18)13(17)7-11(12)9(2)15(10)16(3)5-6-16/h4,7-8H,5-6H2,1-3H3/b10-4+. The second-order valence-electron chi connectivity index (χ2n) is 5.57. The number of allylic oxidation sites excluding steroid dienone is 4. The average Bonchev–Trinajstić information content (AvgIpc) is 3.00. The highest BCUT2D eigenvalue weighted by atomic mass is 19.2. The van der Waals surface area contributed by atoms with Crippen LogP contribution in [0, 0.1) is 17.0 Å². The predicted molar refractivity (Wildman–Crippen MR) is 69.9 cm³/mol. The zero-order chi connectivity index (χ0) is 13.1. The van der Waals surface area contributed by atoms with Crippen LogP contribution >= 0.6 is 0 Å². The van der Waals surface area contributed by atoms with Gasteiger partial charge in [0.05, 0.1) is 0 Å². The Hall–Kier alpha value is -1.44. The molecule has 0 saturated heterocycles. The first kappa shape index (κ1) is 11.6. The van der Waals surface area contributed by atoms with Crippen LogP contribution in [-0.2, 0) is 0 Å². The van der Waals surface area contributed by atoms with E-state index in [1.54, 1.807) is 0 Å². The summed E-state index contributed by atoms with van der Waals surface area (Å²) in [6.07, 6.45) is 4.34.